The van der Waals surface area contributed by atoms with Crippen LogP contribution in [0.3, 0.4) is 0 Å². The van der Waals surface area contributed by atoms with Gasteiger partial charge in [0.25, 0.3) is 5.91 Å². The molecule has 2 N–H and O–H groups in total. The molecule has 0 fully saturated rings. The first-order valence-corrected chi connectivity index (χ1v) is 5.33. The Hall–Kier alpha value is -2.04. The highest BCUT2D eigenvalue weighted by Gasteiger charge is 2.25. The van der Waals surface area contributed by atoms with Crippen LogP contribution in [0.2, 0.25) is 0 Å². The number of aryl methyl sites for hydroxylation is 1. The molecule has 0 radical (unpaired) electrons. The number of carbonyl (C=O) groups excluding carboxylic acids is 1. The van der Waals surface area contributed by atoms with E-state index in [0.717, 1.165) is 0 Å². The highest BCUT2D eigenvalue weighted by atomic mass is 16.4. The lowest BCUT2D eigenvalue weighted by Crippen LogP contribution is -2.33. The highest BCUT2D eigenvalue weighted by molar-refractivity contribution is 5.94. The molecule has 0 saturated heterocycles. The minimum Gasteiger partial charge on any atom is -0.481 e. The van der Waals surface area contributed by atoms with Crippen LogP contribution in [-0.2, 0) is 4.79 Å². The Kier molecular flexibility index (Phi) is 2.99. The van der Waals surface area contributed by atoms with Crippen molar-refractivity contribution in [1.29, 1.82) is 0 Å². The van der Waals surface area contributed by atoms with Crippen LogP contribution in [0.4, 0.5) is 0 Å². The van der Waals surface area contributed by atoms with E-state index in [1.165, 1.54) is 6.26 Å². The van der Waals surface area contributed by atoms with Crippen molar-refractivity contribution in [2.24, 2.45) is 5.92 Å². The standard InChI is InChI=1S/C12H13NO4/c1-7-4-9(6-17-7)11(14)13-10-3-2-8(5-10)12(15)16/h2-4,6,8,10H,5H2,1H3,(H,13,14)(H,15,16). The molecule has 1 aliphatic carbocycles. The first-order chi connectivity index (χ1) is 8.06. The van der Waals surface area contributed by atoms with Crippen LogP contribution in [0, 0.1) is 12.8 Å². The Bertz CT molecular complexity index is 475. The van der Waals surface area contributed by atoms with Gasteiger partial charge < -0.3 is 14.8 Å². The second-order valence-electron chi connectivity index (χ2n) is 4.09. The van der Waals surface area contributed by atoms with E-state index in [0.29, 0.717) is 17.7 Å². The van der Waals surface area contributed by atoms with Gasteiger partial charge in [-0.15, -0.1) is 0 Å². The lowest BCUT2D eigenvalue weighted by Gasteiger charge is -2.10. The fourth-order valence-corrected chi connectivity index (χ4v) is 1.80. The zero-order valence-electron chi connectivity index (χ0n) is 9.34. The van der Waals surface area contributed by atoms with Crippen LogP contribution in [0.5, 0.6) is 0 Å². The zero-order chi connectivity index (χ0) is 12.4. The first kappa shape index (κ1) is 11.4. The Morgan fingerprint density at radius 2 is 2.24 bits per heavy atom. The number of hydrogen-bond donors (Lipinski definition) is 2. The van der Waals surface area contributed by atoms with Gasteiger partial charge in [0, 0.05) is 6.04 Å². The molecule has 1 amide bonds. The molecule has 0 bridgehead atoms. The van der Waals surface area contributed by atoms with Crippen LogP contribution in [0.25, 0.3) is 0 Å². The lowest BCUT2D eigenvalue weighted by atomic mass is 10.1. The van der Waals surface area contributed by atoms with Gasteiger partial charge in [0.15, 0.2) is 0 Å². The summed E-state index contributed by atoms with van der Waals surface area (Å²) in [6.07, 6.45) is 5.10. The van der Waals surface area contributed by atoms with Crippen LogP contribution in [-0.4, -0.2) is 23.0 Å². The molecule has 90 valence electrons. The van der Waals surface area contributed by atoms with Gasteiger partial charge >= 0.3 is 5.97 Å². The summed E-state index contributed by atoms with van der Waals surface area (Å²) in [5, 5.41) is 11.6. The Morgan fingerprint density at radius 1 is 1.47 bits per heavy atom. The van der Waals surface area contributed by atoms with E-state index in [9.17, 15) is 9.59 Å². The smallest absolute Gasteiger partial charge is 0.310 e. The number of carbonyl (C=O) groups is 2. The Balaban J connectivity index is 1.93. The van der Waals surface area contributed by atoms with Gasteiger partial charge in [0.1, 0.15) is 12.0 Å². The van der Waals surface area contributed by atoms with Crippen LogP contribution in [0.15, 0.2) is 28.9 Å². The fourth-order valence-electron chi connectivity index (χ4n) is 1.80. The molecular weight excluding hydrogens is 222 g/mol. The number of carboxylic acid groups (broad SMARTS) is 1. The Morgan fingerprint density at radius 3 is 2.76 bits per heavy atom. The van der Waals surface area contributed by atoms with Gasteiger partial charge in [-0.1, -0.05) is 12.2 Å². The number of amides is 1. The summed E-state index contributed by atoms with van der Waals surface area (Å²) in [6.45, 7) is 1.76. The topological polar surface area (TPSA) is 79.5 Å². The molecule has 5 nitrogen and oxygen atoms in total. The van der Waals surface area contributed by atoms with E-state index in [2.05, 4.69) is 5.32 Å². The summed E-state index contributed by atoms with van der Waals surface area (Å²) in [5.74, 6) is -0.952. The third-order valence-electron chi connectivity index (χ3n) is 2.71. The number of hydrogen-bond acceptors (Lipinski definition) is 3. The molecule has 1 heterocycles. The van der Waals surface area contributed by atoms with Gasteiger partial charge in [-0.3, -0.25) is 9.59 Å². The number of aliphatic carboxylic acids is 1. The molecule has 2 unspecified atom stereocenters. The molecule has 0 aromatic carbocycles. The van der Waals surface area contributed by atoms with Gasteiger partial charge in [-0.25, -0.2) is 0 Å². The van der Waals surface area contributed by atoms with Crippen molar-refractivity contribution in [3.63, 3.8) is 0 Å². The molecular formula is C12H13NO4. The van der Waals surface area contributed by atoms with Crippen molar-refractivity contribution in [2.45, 2.75) is 19.4 Å². The van der Waals surface area contributed by atoms with E-state index in [4.69, 9.17) is 9.52 Å². The normalized spacial score (nSPS) is 22.6. The molecule has 2 rings (SSSR count). The fraction of sp³-hybridized carbons (Fsp3) is 0.333. The minimum atomic E-state index is -0.864. The van der Waals surface area contributed by atoms with Crippen molar-refractivity contribution >= 4 is 11.9 Å². The molecule has 17 heavy (non-hydrogen) atoms. The van der Waals surface area contributed by atoms with Gasteiger partial charge in [0.2, 0.25) is 0 Å². The summed E-state index contributed by atoms with van der Waals surface area (Å²) >= 11 is 0. The summed E-state index contributed by atoms with van der Waals surface area (Å²) in [4.78, 5) is 22.5. The first-order valence-electron chi connectivity index (χ1n) is 5.33. The van der Waals surface area contributed by atoms with Crippen molar-refractivity contribution in [1.82, 2.24) is 5.32 Å². The maximum Gasteiger partial charge on any atom is 0.310 e. The second-order valence-corrected chi connectivity index (χ2v) is 4.09. The Labute approximate surface area is 98.1 Å². The summed E-state index contributed by atoms with van der Waals surface area (Å²) < 4.78 is 5.04. The molecule has 0 aliphatic heterocycles. The van der Waals surface area contributed by atoms with Crippen molar-refractivity contribution in [3.8, 4) is 0 Å². The average molecular weight is 235 g/mol. The maximum absolute atomic E-state index is 11.7. The third-order valence-corrected chi connectivity index (χ3v) is 2.71. The maximum atomic E-state index is 11.7. The largest absolute Gasteiger partial charge is 0.481 e. The molecule has 2 atom stereocenters. The van der Waals surface area contributed by atoms with Gasteiger partial charge in [-0.2, -0.15) is 0 Å². The van der Waals surface area contributed by atoms with E-state index in [-0.39, 0.29) is 11.9 Å². The third kappa shape index (κ3) is 2.55. The minimum absolute atomic E-state index is 0.223. The van der Waals surface area contributed by atoms with Gasteiger partial charge in [0.05, 0.1) is 11.5 Å². The zero-order valence-corrected chi connectivity index (χ0v) is 9.34. The molecule has 0 saturated carbocycles. The van der Waals surface area contributed by atoms with E-state index >= 15 is 0 Å². The number of rotatable bonds is 3. The quantitative estimate of drug-likeness (QED) is 0.775. The van der Waals surface area contributed by atoms with Crippen LogP contribution < -0.4 is 5.32 Å². The number of carboxylic acids is 1. The molecule has 1 aliphatic rings. The molecule has 5 heteroatoms. The summed E-state index contributed by atoms with van der Waals surface area (Å²) in [5.41, 5.74) is 0.453. The second kappa shape index (κ2) is 4.45. The SMILES string of the molecule is Cc1cc(C(=O)NC2C=CC(C(=O)O)C2)co1. The highest BCUT2D eigenvalue weighted by Crippen LogP contribution is 2.18. The van der Waals surface area contributed by atoms with Crippen molar-refractivity contribution in [3.05, 3.63) is 35.8 Å². The monoisotopic (exact) mass is 235 g/mol. The average Bonchev–Trinajstić information content (AvgIpc) is 2.86. The number of furan rings is 1. The molecule has 1 aromatic heterocycles. The number of nitrogens with one attached hydrogen (secondary N) is 1. The predicted octanol–water partition coefficient (Wildman–Crippen LogP) is 1.35. The lowest BCUT2D eigenvalue weighted by molar-refractivity contribution is -0.140. The van der Waals surface area contributed by atoms with E-state index in [1.807, 2.05) is 0 Å². The molecule has 0 spiro atoms. The summed E-state index contributed by atoms with van der Waals surface area (Å²) in [6, 6.07) is 1.42. The molecule has 1 aromatic rings. The van der Waals surface area contributed by atoms with Crippen LogP contribution in [0.1, 0.15) is 22.5 Å². The van der Waals surface area contributed by atoms with Crippen molar-refractivity contribution in [2.75, 3.05) is 0 Å². The van der Waals surface area contributed by atoms with Crippen LogP contribution >= 0.6 is 0 Å². The van der Waals surface area contributed by atoms with Crippen molar-refractivity contribution < 1.29 is 19.1 Å². The van der Waals surface area contributed by atoms with Gasteiger partial charge in [-0.05, 0) is 19.4 Å². The van der Waals surface area contributed by atoms with E-state index in [1.54, 1.807) is 25.1 Å². The predicted molar refractivity (Wildman–Crippen MR) is 59.6 cm³/mol. The van der Waals surface area contributed by atoms with E-state index < -0.39 is 11.9 Å². The summed E-state index contributed by atoms with van der Waals surface area (Å²) in [7, 11) is 0.